The number of nitriles is 1. The van der Waals surface area contributed by atoms with Gasteiger partial charge in [-0.1, -0.05) is 0 Å². The summed E-state index contributed by atoms with van der Waals surface area (Å²) in [7, 11) is 1.28. The summed E-state index contributed by atoms with van der Waals surface area (Å²) < 4.78 is 24.2. The molecule has 1 fully saturated rings. The maximum atomic E-state index is 14.1. The topological polar surface area (TPSA) is 91.7 Å². The highest BCUT2D eigenvalue weighted by atomic mass is 19.1. The molecule has 28 heavy (non-hydrogen) atoms. The molecule has 0 atom stereocenters. The van der Waals surface area contributed by atoms with Crippen LogP contribution in [0.4, 0.5) is 15.8 Å². The van der Waals surface area contributed by atoms with Gasteiger partial charge in [-0.05, 0) is 36.4 Å². The highest BCUT2D eigenvalue weighted by molar-refractivity contribution is 6.06. The monoisotopic (exact) mass is 383 g/mol. The molecule has 3 rings (SSSR count). The van der Waals surface area contributed by atoms with Crippen LogP contribution in [0, 0.1) is 17.1 Å². The summed E-state index contributed by atoms with van der Waals surface area (Å²) >= 11 is 0. The first-order chi connectivity index (χ1) is 13.5. The van der Waals surface area contributed by atoms with Crippen molar-refractivity contribution in [3.8, 4) is 6.07 Å². The number of morpholine rings is 1. The summed E-state index contributed by atoms with van der Waals surface area (Å²) in [6.45, 7) is 2.37. The fourth-order valence-corrected chi connectivity index (χ4v) is 2.93. The number of methoxy groups -OCH3 is 1. The molecule has 144 valence electrons. The lowest BCUT2D eigenvalue weighted by Crippen LogP contribution is -2.37. The molecule has 2 aromatic rings. The van der Waals surface area contributed by atoms with Gasteiger partial charge in [0.2, 0.25) is 0 Å². The largest absolute Gasteiger partial charge is 0.465 e. The number of halogens is 1. The minimum Gasteiger partial charge on any atom is -0.465 e. The van der Waals surface area contributed by atoms with E-state index < -0.39 is 17.7 Å². The predicted molar refractivity (Wildman–Crippen MR) is 99.9 cm³/mol. The van der Waals surface area contributed by atoms with E-state index in [1.54, 1.807) is 12.1 Å². The summed E-state index contributed by atoms with van der Waals surface area (Å²) in [5, 5.41) is 11.4. The zero-order chi connectivity index (χ0) is 20.1. The molecule has 0 unspecified atom stereocenters. The molecule has 1 heterocycles. The molecule has 0 aliphatic carbocycles. The number of hydrogen-bond donors (Lipinski definition) is 1. The van der Waals surface area contributed by atoms with Crippen molar-refractivity contribution in [1.82, 2.24) is 0 Å². The van der Waals surface area contributed by atoms with Crippen molar-refractivity contribution in [1.29, 1.82) is 5.26 Å². The van der Waals surface area contributed by atoms with Gasteiger partial charge in [-0.25, -0.2) is 9.18 Å². The average Bonchev–Trinajstić information content (AvgIpc) is 2.73. The zero-order valence-electron chi connectivity index (χ0n) is 15.2. The van der Waals surface area contributed by atoms with Gasteiger partial charge in [0.05, 0.1) is 48.8 Å². The van der Waals surface area contributed by atoms with Crippen molar-refractivity contribution in [3.05, 3.63) is 58.9 Å². The number of carbonyl (C=O) groups is 2. The van der Waals surface area contributed by atoms with Crippen molar-refractivity contribution >= 4 is 23.3 Å². The van der Waals surface area contributed by atoms with Crippen molar-refractivity contribution in [3.63, 3.8) is 0 Å². The van der Waals surface area contributed by atoms with Crippen LogP contribution < -0.4 is 10.2 Å². The van der Waals surface area contributed by atoms with E-state index in [1.165, 1.54) is 25.3 Å². The molecule has 2 aromatic carbocycles. The molecule has 0 radical (unpaired) electrons. The van der Waals surface area contributed by atoms with Crippen LogP contribution in [0.25, 0.3) is 0 Å². The number of carbonyl (C=O) groups excluding carboxylic acids is 2. The number of ether oxygens (including phenoxy) is 2. The Morgan fingerprint density at radius 1 is 1.18 bits per heavy atom. The summed E-state index contributed by atoms with van der Waals surface area (Å²) in [5.74, 6) is -2.02. The number of benzene rings is 2. The summed E-state index contributed by atoms with van der Waals surface area (Å²) in [6, 6.07) is 10.3. The zero-order valence-corrected chi connectivity index (χ0v) is 15.2. The van der Waals surface area contributed by atoms with Gasteiger partial charge in [0.15, 0.2) is 0 Å². The van der Waals surface area contributed by atoms with E-state index >= 15 is 0 Å². The summed E-state index contributed by atoms with van der Waals surface area (Å²) in [5.41, 5.74) is 1.22. The normalized spacial score (nSPS) is 13.5. The maximum absolute atomic E-state index is 14.1. The highest BCUT2D eigenvalue weighted by Gasteiger charge is 2.21. The Morgan fingerprint density at radius 2 is 1.93 bits per heavy atom. The first kappa shape index (κ1) is 19.3. The van der Waals surface area contributed by atoms with Crippen molar-refractivity contribution < 1.29 is 23.5 Å². The molecule has 1 saturated heterocycles. The number of amides is 1. The number of rotatable bonds is 4. The van der Waals surface area contributed by atoms with Crippen LogP contribution in [0.15, 0.2) is 36.4 Å². The lowest BCUT2D eigenvalue weighted by molar-refractivity contribution is 0.0600. The Kier molecular flexibility index (Phi) is 5.87. The molecular weight excluding hydrogens is 365 g/mol. The third-order valence-electron chi connectivity index (χ3n) is 4.35. The summed E-state index contributed by atoms with van der Waals surface area (Å²) in [4.78, 5) is 26.6. The van der Waals surface area contributed by atoms with E-state index in [2.05, 4.69) is 5.32 Å². The van der Waals surface area contributed by atoms with Crippen LogP contribution in [0.2, 0.25) is 0 Å². The first-order valence-corrected chi connectivity index (χ1v) is 8.59. The lowest BCUT2D eigenvalue weighted by atomic mass is 10.1. The number of nitrogens with zero attached hydrogens (tertiary/aromatic N) is 2. The number of hydrogen-bond acceptors (Lipinski definition) is 6. The molecule has 1 N–H and O–H groups in total. The smallest absolute Gasteiger partial charge is 0.340 e. The standard InChI is InChI=1S/C20H18FN3O4/c1-27-20(26)16-11-14(3-5-18(16)24-6-8-28-9-7-24)23-19(25)15-4-2-13(12-22)10-17(15)21/h2-5,10-11H,6-9H2,1H3,(H,23,25). The Hall–Kier alpha value is -3.44. The second kappa shape index (κ2) is 8.50. The van der Waals surface area contributed by atoms with Crippen molar-refractivity contribution in [2.24, 2.45) is 0 Å². The molecule has 0 saturated carbocycles. The minimum atomic E-state index is -0.797. The van der Waals surface area contributed by atoms with E-state index in [4.69, 9.17) is 14.7 Å². The Labute approximate surface area is 161 Å². The van der Waals surface area contributed by atoms with Gasteiger partial charge >= 0.3 is 5.97 Å². The van der Waals surface area contributed by atoms with Gasteiger partial charge in [0.1, 0.15) is 5.82 Å². The van der Waals surface area contributed by atoms with Crippen LogP contribution in [-0.4, -0.2) is 45.3 Å². The maximum Gasteiger partial charge on any atom is 0.340 e. The predicted octanol–water partition coefficient (Wildman–Crippen LogP) is 2.57. The molecule has 1 aliphatic rings. The molecule has 7 nitrogen and oxygen atoms in total. The van der Waals surface area contributed by atoms with Crippen LogP contribution in [0.3, 0.4) is 0 Å². The first-order valence-electron chi connectivity index (χ1n) is 8.59. The number of anilines is 2. The molecule has 0 spiro atoms. The molecule has 1 aliphatic heterocycles. The second-order valence-electron chi connectivity index (χ2n) is 6.08. The minimum absolute atomic E-state index is 0.122. The van der Waals surface area contributed by atoms with Crippen molar-refractivity contribution in [2.45, 2.75) is 0 Å². The fourth-order valence-electron chi connectivity index (χ4n) is 2.93. The van der Waals surface area contributed by atoms with E-state index in [0.717, 1.165) is 6.07 Å². The quantitative estimate of drug-likeness (QED) is 0.816. The fraction of sp³-hybridized carbons (Fsp3) is 0.250. The highest BCUT2D eigenvalue weighted by Crippen LogP contribution is 2.26. The van der Waals surface area contributed by atoms with Crippen LogP contribution in [-0.2, 0) is 9.47 Å². The third kappa shape index (κ3) is 4.10. The van der Waals surface area contributed by atoms with Crippen LogP contribution in [0.1, 0.15) is 26.3 Å². The van der Waals surface area contributed by atoms with Crippen LogP contribution in [0.5, 0.6) is 0 Å². The van der Waals surface area contributed by atoms with Gasteiger partial charge in [0.25, 0.3) is 5.91 Å². The lowest BCUT2D eigenvalue weighted by Gasteiger charge is -2.30. The Balaban J connectivity index is 1.87. The third-order valence-corrected chi connectivity index (χ3v) is 4.35. The van der Waals surface area contributed by atoms with E-state index in [-0.39, 0.29) is 11.1 Å². The van der Waals surface area contributed by atoms with Gasteiger partial charge in [-0.2, -0.15) is 5.26 Å². The van der Waals surface area contributed by atoms with Gasteiger partial charge < -0.3 is 19.7 Å². The van der Waals surface area contributed by atoms with Crippen LogP contribution >= 0.6 is 0 Å². The second-order valence-corrected chi connectivity index (χ2v) is 6.08. The van der Waals surface area contributed by atoms with Gasteiger partial charge in [0, 0.05) is 18.8 Å². The molecule has 8 heteroatoms. The number of nitrogens with one attached hydrogen (secondary N) is 1. The molecule has 1 amide bonds. The average molecular weight is 383 g/mol. The summed E-state index contributed by atoms with van der Waals surface area (Å²) in [6.07, 6.45) is 0. The molecule has 0 bridgehead atoms. The Bertz CT molecular complexity index is 949. The molecule has 0 aromatic heterocycles. The SMILES string of the molecule is COC(=O)c1cc(NC(=O)c2ccc(C#N)cc2F)ccc1N1CCOCC1. The number of esters is 1. The Morgan fingerprint density at radius 3 is 2.57 bits per heavy atom. The van der Waals surface area contributed by atoms with E-state index in [9.17, 15) is 14.0 Å². The van der Waals surface area contributed by atoms with Gasteiger partial charge in [-0.15, -0.1) is 0 Å². The van der Waals surface area contributed by atoms with E-state index in [1.807, 2.05) is 11.0 Å². The van der Waals surface area contributed by atoms with E-state index in [0.29, 0.717) is 43.2 Å². The van der Waals surface area contributed by atoms with Gasteiger partial charge in [-0.3, -0.25) is 4.79 Å². The molecular formula is C20H18FN3O4. The van der Waals surface area contributed by atoms with Crippen molar-refractivity contribution in [2.75, 3.05) is 43.6 Å².